The van der Waals surface area contributed by atoms with Crippen LogP contribution >= 0.6 is 23.2 Å². The number of rotatable bonds is 8. The van der Waals surface area contributed by atoms with E-state index in [9.17, 15) is 9.18 Å². The van der Waals surface area contributed by atoms with Gasteiger partial charge in [-0.05, 0) is 95.2 Å². The molecule has 36 heavy (non-hydrogen) atoms. The van der Waals surface area contributed by atoms with Crippen LogP contribution in [0.4, 0.5) is 4.39 Å². The zero-order chi connectivity index (χ0) is 25.1. The van der Waals surface area contributed by atoms with E-state index in [-0.39, 0.29) is 6.67 Å². The van der Waals surface area contributed by atoms with Gasteiger partial charge >= 0.3 is 0 Å². The molecule has 0 atom stereocenters. The average Bonchev–Trinajstić information content (AvgIpc) is 3.04. The smallest absolute Gasteiger partial charge is 0.150 e. The van der Waals surface area contributed by atoms with E-state index in [2.05, 4.69) is 35.2 Å². The molecular formula is C31H30Cl2FNO. The Morgan fingerprint density at radius 2 is 1.72 bits per heavy atom. The van der Waals surface area contributed by atoms with Crippen LogP contribution < -0.4 is 0 Å². The van der Waals surface area contributed by atoms with Gasteiger partial charge < -0.3 is 4.90 Å². The van der Waals surface area contributed by atoms with E-state index in [1.165, 1.54) is 22.3 Å². The van der Waals surface area contributed by atoms with Crippen LogP contribution in [-0.4, -0.2) is 37.5 Å². The van der Waals surface area contributed by atoms with Crippen LogP contribution in [0, 0.1) is 5.92 Å². The predicted octanol–water partition coefficient (Wildman–Crippen LogP) is 7.94. The number of carbonyl (C=O) groups is 1. The molecule has 1 aliphatic carbocycles. The van der Waals surface area contributed by atoms with E-state index >= 15 is 0 Å². The normalized spacial score (nSPS) is 16.4. The molecule has 3 aromatic rings. The van der Waals surface area contributed by atoms with Crippen molar-refractivity contribution in [2.24, 2.45) is 5.92 Å². The highest BCUT2D eigenvalue weighted by molar-refractivity contribution is 6.36. The standard InChI is InChI=1S/C31H30Cl2FNO/c32-26-10-12-28(30(33)17-26)29-4-1-3-25-16-22(20-36)7-11-27(25)31(29)24-8-5-21(6-9-24)15-23-18-35(19-23)14-2-13-34/h5-12,16-17,20,23H,1-4,13-15,18-19H2. The molecule has 2 nitrogen and oxygen atoms in total. The maximum Gasteiger partial charge on any atom is 0.150 e. The van der Waals surface area contributed by atoms with Crippen molar-refractivity contribution in [1.29, 1.82) is 0 Å². The summed E-state index contributed by atoms with van der Waals surface area (Å²) in [6.07, 6.45) is 5.37. The number of aldehydes is 1. The fourth-order valence-electron chi connectivity index (χ4n) is 5.63. The maximum absolute atomic E-state index is 12.4. The van der Waals surface area contributed by atoms with E-state index < -0.39 is 0 Å². The number of allylic oxidation sites excluding steroid dienone is 1. The Kier molecular flexibility index (Phi) is 7.90. The summed E-state index contributed by atoms with van der Waals surface area (Å²) in [5, 5.41) is 1.28. The van der Waals surface area contributed by atoms with Crippen molar-refractivity contribution in [1.82, 2.24) is 4.90 Å². The van der Waals surface area contributed by atoms with Crippen molar-refractivity contribution >= 4 is 40.6 Å². The van der Waals surface area contributed by atoms with Crippen molar-refractivity contribution in [3.8, 4) is 0 Å². The van der Waals surface area contributed by atoms with Crippen LogP contribution in [0.5, 0.6) is 0 Å². The molecule has 186 valence electrons. The first kappa shape index (κ1) is 25.2. The molecule has 0 aromatic heterocycles. The van der Waals surface area contributed by atoms with Crippen LogP contribution in [0.25, 0.3) is 11.1 Å². The Morgan fingerprint density at radius 1 is 0.944 bits per heavy atom. The number of hydrogen-bond donors (Lipinski definition) is 0. The quantitative estimate of drug-likeness (QED) is 0.280. The van der Waals surface area contributed by atoms with Crippen molar-refractivity contribution in [3.63, 3.8) is 0 Å². The number of carbonyl (C=O) groups excluding carboxylic acids is 1. The Balaban J connectivity index is 1.50. The van der Waals surface area contributed by atoms with Gasteiger partial charge in [-0.1, -0.05) is 65.7 Å². The molecule has 5 heteroatoms. The first-order chi connectivity index (χ1) is 17.6. The van der Waals surface area contributed by atoms with E-state index in [1.54, 1.807) is 0 Å². The highest BCUT2D eigenvalue weighted by Crippen LogP contribution is 2.42. The molecule has 1 fully saturated rings. The van der Waals surface area contributed by atoms with Gasteiger partial charge in [0, 0.05) is 35.2 Å². The molecule has 1 heterocycles. The summed E-state index contributed by atoms with van der Waals surface area (Å²) in [5.41, 5.74) is 8.94. The Labute approximate surface area is 222 Å². The minimum absolute atomic E-state index is 0.235. The molecule has 0 spiro atoms. The van der Waals surface area contributed by atoms with Crippen LogP contribution in [0.3, 0.4) is 0 Å². The van der Waals surface area contributed by atoms with E-state index in [0.29, 0.717) is 27.9 Å². The summed E-state index contributed by atoms with van der Waals surface area (Å²) in [4.78, 5) is 13.8. The lowest BCUT2D eigenvalue weighted by molar-refractivity contribution is 0.0968. The van der Waals surface area contributed by atoms with Gasteiger partial charge in [-0.2, -0.15) is 0 Å². The number of likely N-dealkylation sites (tertiary alicyclic amines) is 1. The summed E-state index contributed by atoms with van der Waals surface area (Å²) in [5.74, 6) is 0.637. The monoisotopic (exact) mass is 521 g/mol. The van der Waals surface area contributed by atoms with Gasteiger partial charge in [0.05, 0.1) is 6.67 Å². The number of nitrogens with zero attached hydrogens (tertiary/aromatic N) is 1. The predicted molar refractivity (Wildman–Crippen MR) is 148 cm³/mol. The zero-order valence-electron chi connectivity index (χ0n) is 20.3. The minimum atomic E-state index is -0.235. The summed E-state index contributed by atoms with van der Waals surface area (Å²) in [6.45, 7) is 2.74. The summed E-state index contributed by atoms with van der Waals surface area (Å²) < 4.78 is 12.4. The number of aryl methyl sites for hydroxylation is 1. The fourth-order valence-corrected chi connectivity index (χ4v) is 6.15. The van der Waals surface area contributed by atoms with Crippen LogP contribution in [-0.2, 0) is 12.8 Å². The highest BCUT2D eigenvalue weighted by Gasteiger charge is 2.26. The topological polar surface area (TPSA) is 20.3 Å². The van der Waals surface area contributed by atoms with Gasteiger partial charge in [0.2, 0.25) is 0 Å². The SMILES string of the molecule is O=Cc1ccc2c(c1)CCCC(c1ccc(Cl)cc1Cl)=C2c1ccc(CC2CN(CCCF)C2)cc1. The molecule has 0 N–H and O–H groups in total. The first-order valence-electron chi connectivity index (χ1n) is 12.7. The molecule has 2 aliphatic rings. The second kappa shape index (κ2) is 11.3. The molecule has 0 saturated carbocycles. The largest absolute Gasteiger partial charge is 0.303 e. The van der Waals surface area contributed by atoms with Crippen molar-refractivity contribution in [2.75, 3.05) is 26.3 Å². The highest BCUT2D eigenvalue weighted by atomic mass is 35.5. The number of hydrogen-bond acceptors (Lipinski definition) is 2. The number of alkyl halides is 1. The molecule has 3 aromatic carbocycles. The first-order valence-corrected chi connectivity index (χ1v) is 13.5. The van der Waals surface area contributed by atoms with Crippen LogP contribution in [0.2, 0.25) is 10.0 Å². The third kappa shape index (κ3) is 5.44. The van der Waals surface area contributed by atoms with E-state index in [0.717, 1.165) is 68.3 Å². The number of benzene rings is 3. The molecule has 0 radical (unpaired) electrons. The molecule has 0 amide bonds. The Bertz CT molecular complexity index is 1280. The lowest BCUT2D eigenvalue weighted by atomic mass is 9.86. The van der Waals surface area contributed by atoms with Gasteiger partial charge in [-0.25, -0.2) is 0 Å². The van der Waals surface area contributed by atoms with Crippen LogP contribution in [0.1, 0.15) is 57.4 Å². The molecule has 1 saturated heterocycles. The Hall–Kier alpha value is -2.46. The van der Waals surface area contributed by atoms with E-state index in [1.807, 2.05) is 30.3 Å². The van der Waals surface area contributed by atoms with Gasteiger partial charge in [0.15, 0.2) is 0 Å². The van der Waals surface area contributed by atoms with Crippen molar-refractivity contribution < 1.29 is 9.18 Å². The van der Waals surface area contributed by atoms with Gasteiger partial charge in [-0.15, -0.1) is 0 Å². The van der Waals surface area contributed by atoms with Crippen LogP contribution in [0.15, 0.2) is 60.7 Å². The third-order valence-electron chi connectivity index (χ3n) is 7.37. The summed E-state index contributed by atoms with van der Waals surface area (Å²) >= 11 is 12.9. The van der Waals surface area contributed by atoms with Gasteiger partial charge in [0.25, 0.3) is 0 Å². The summed E-state index contributed by atoms with van der Waals surface area (Å²) in [6, 6.07) is 20.6. The molecule has 0 unspecified atom stereocenters. The second-order valence-electron chi connectivity index (χ2n) is 9.93. The van der Waals surface area contributed by atoms with Crippen molar-refractivity contribution in [2.45, 2.75) is 32.1 Å². The lowest BCUT2D eigenvalue weighted by Gasteiger charge is -2.39. The zero-order valence-corrected chi connectivity index (χ0v) is 21.8. The number of fused-ring (bicyclic) bond motifs is 1. The van der Waals surface area contributed by atoms with E-state index in [4.69, 9.17) is 23.2 Å². The molecule has 5 rings (SSSR count). The molecule has 1 aliphatic heterocycles. The van der Waals surface area contributed by atoms with Crippen molar-refractivity contribution in [3.05, 3.63) is 104 Å². The third-order valence-corrected chi connectivity index (χ3v) is 7.92. The molecular weight excluding hydrogens is 492 g/mol. The number of halogens is 3. The molecule has 0 bridgehead atoms. The lowest BCUT2D eigenvalue weighted by Crippen LogP contribution is -2.47. The fraction of sp³-hybridized carbons (Fsp3) is 0.323. The van der Waals surface area contributed by atoms with Gasteiger partial charge in [-0.3, -0.25) is 9.18 Å². The second-order valence-corrected chi connectivity index (χ2v) is 10.8. The minimum Gasteiger partial charge on any atom is -0.303 e. The summed E-state index contributed by atoms with van der Waals surface area (Å²) in [7, 11) is 0. The maximum atomic E-state index is 12.4. The average molecular weight is 522 g/mol. The van der Waals surface area contributed by atoms with Gasteiger partial charge in [0.1, 0.15) is 6.29 Å². The Morgan fingerprint density at radius 3 is 2.44 bits per heavy atom.